The van der Waals surface area contributed by atoms with E-state index in [9.17, 15) is 0 Å². The van der Waals surface area contributed by atoms with Gasteiger partial charge in [-0.2, -0.15) is 0 Å². The van der Waals surface area contributed by atoms with Gasteiger partial charge in [0.2, 0.25) is 0 Å². The SMILES string of the molecule is CC(C)(C)CCC1(CCl)CC2CCC1C2. The van der Waals surface area contributed by atoms with E-state index in [-0.39, 0.29) is 0 Å². The van der Waals surface area contributed by atoms with Gasteiger partial charge < -0.3 is 0 Å². The van der Waals surface area contributed by atoms with E-state index in [0.717, 1.165) is 17.7 Å². The maximum atomic E-state index is 6.29. The molecule has 0 nitrogen and oxygen atoms in total. The largest absolute Gasteiger partial charge is 0.126 e. The molecule has 2 saturated carbocycles. The summed E-state index contributed by atoms with van der Waals surface area (Å²) in [5.41, 5.74) is 0.999. The second-order valence-corrected chi connectivity index (χ2v) is 7.40. The van der Waals surface area contributed by atoms with Crippen LogP contribution in [0.5, 0.6) is 0 Å². The molecule has 0 radical (unpaired) electrons. The summed E-state index contributed by atoms with van der Waals surface area (Å²) in [5, 5.41) is 0. The van der Waals surface area contributed by atoms with Crippen molar-refractivity contribution in [2.45, 2.75) is 59.3 Å². The molecule has 0 N–H and O–H groups in total. The van der Waals surface area contributed by atoms with Crippen molar-refractivity contribution in [3.63, 3.8) is 0 Å². The third kappa shape index (κ3) is 2.35. The first-order chi connectivity index (χ1) is 6.95. The molecule has 0 aromatic carbocycles. The summed E-state index contributed by atoms with van der Waals surface area (Å²) in [6, 6.07) is 0. The third-order valence-corrected chi connectivity index (χ3v) is 5.27. The fourth-order valence-electron chi connectivity index (χ4n) is 3.72. The van der Waals surface area contributed by atoms with Gasteiger partial charge in [-0.05, 0) is 54.8 Å². The van der Waals surface area contributed by atoms with Gasteiger partial charge in [-0.15, -0.1) is 11.6 Å². The summed E-state index contributed by atoms with van der Waals surface area (Å²) in [7, 11) is 0. The highest BCUT2D eigenvalue weighted by Crippen LogP contribution is 2.59. The quantitative estimate of drug-likeness (QED) is 0.606. The summed E-state index contributed by atoms with van der Waals surface area (Å²) < 4.78 is 0. The highest BCUT2D eigenvalue weighted by Gasteiger charge is 2.50. The number of alkyl halides is 1. The van der Waals surface area contributed by atoms with Crippen LogP contribution in [0, 0.1) is 22.7 Å². The van der Waals surface area contributed by atoms with E-state index in [1.54, 1.807) is 0 Å². The predicted molar refractivity (Wildman–Crippen MR) is 67.3 cm³/mol. The highest BCUT2D eigenvalue weighted by molar-refractivity contribution is 6.18. The van der Waals surface area contributed by atoms with E-state index in [1.165, 1.54) is 38.5 Å². The van der Waals surface area contributed by atoms with Crippen molar-refractivity contribution in [2.24, 2.45) is 22.7 Å². The Morgan fingerprint density at radius 2 is 2.00 bits per heavy atom. The first-order valence-electron chi connectivity index (χ1n) is 6.51. The van der Waals surface area contributed by atoms with Crippen LogP contribution < -0.4 is 0 Å². The Hall–Kier alpha value is 0.290. The van der Waals surface area contributed by atoms with Gasteiger partial charge in [0.1, 0.15) is 0 Å². The first kappa shape index (κ1) is 11.8. The van der Waals surface area contributed by atoms with Gasteiger partial charge in [0, 0.05) is 5.88 Å². The zero-order valence-electron chi connectivity index (χ0n) is 10.5. The molecule has 0 aliphatic heterocycles. The monoisotopic (exact) mass is 228 g/mol. The summed E-state index contributed by atoms with van der Waals surface area (Å²) in [6.07, 6.45) is 8.55. The summed E-state index contributed by atoms with van der Waals surface area (Å²) in [6.45, 7) is 7.05. The van der Waals surface area contributed by atoms with Gasteiger partial charge >= 0.3 is 0 Å². The van der Waals surface area contributed by atoms with Crippen LogP contribution in [0.3, 0.4) is 0 Å². The molecule has 0 saturated heterocycles. The minimum atomic E-state index is 0.473. The molecule has 2 aliphatic carbocycles. The van der Waals surface area contributed by atoms with E-state index < -0.39 is 0 Å². The normalized spacial score (nSPS) is 40.0. The molecule has 2 aliphatic rings. The van der Waals surface area contributed by atoms with Crippen LogP contribution in [0.15, 0.2) is 0 Å². The lowest BCUT2D eigenvalue weighted by molar-refractivity contribution is 0.151. The van der Waals surface area contributed by atoms with E-state index in [0.29, 0.717) is 10.8 Å². The van der Waals surface area contributed by atoms with E-state index >= 15 is 0 Å². The fourth-order valence-corrected chi connectivity index (χ4v) is 4.18. The molecule has 2 bridgehead atoms. The lowest BCUT2D eigenvalue weighted by atomic mass is 9.69. The van der Waals surface area contributed by atoms with Crippen molar-refractivity contribution in [1.29, 1.82) is 0 Å². The minimum absolute atomic E-state index is 0.473. The van der Waals surface area contributed by atoms with Crippen LogP contribution in [-0.4, -0.2) is 5.88 Å². The van der Waals surface area contributed by atoms with Crippen LogP contribution >= 0.6 is 11.6 Å². The number of fused-ring (bicyclic) bond motifs is 2. The number of halogens is 1. The molecular formula is C14H25Cl. The van der Waals surface area contributed by atoms with Crippen molar-refractivity contribution in [1.82, 2.24) is 0 Å². The molecule has 3 atom stereocenters. The zero-order chi connectivity index (χ0) is 11.1. The second-order valence-electron chi connectivity index (χ2n) is 7.14. The molecule has 3 unspecified atom stereocenters. The molecule has 0 spiro atoms. The van der Waals surface area contributed by atoms with Crippen molar-refractivity contribution in [3.05, 3.63) is 0 Å². The molecule has 0 heterocycles. The molecule has 0 aromatic rings. The Bertz CT molecular complexity index is 228. The molecule has 15 heavy (non-hydrogen) atoms. The summed E-state index contributed by atoms with van der Waals surface area (Å²) in [4.78, 5) is 0. The van der Waals surface area contributed by atoms with Crippen molar-refractivity contribution in [2.75, 3.05) is 5.88 Å². The van der Waals surface area contributed by atoms with E-state index in [4.69, 9.17) is 11.6 Å². The Labute approximate surface area is 99.8 Å². The smallest absolute Gasteiger partial charge is 0.0282 e. The van der Waals surface area contributed by atoms with Crippen molar-refractivity contribution < 1.29 is 0 Å². The van der Waals surface area contributed by atoms with Gasteiger partial charge in [0.05, 0.1) is 0 Å². The van der Waals surface area contributed by atoms with E-state index in [2.05, 4.69) is 20.8 Å². The average molecular weight is 229 g/mol. The minimum Gasteiger partial charge on any atom is -0.126 e. The van der Waals surface area contributed by atoms with Crippen LogP contribution in [0.1, 0.15) is 59.3 Å². The molecule has 0 amide bonds. The van der Waals surface area contributed by atoms with Crippen molar-refractivity contribution in [3.8, 4) is 0 Å². The van der Waals surface area contributed by atoms with E-state index in [1.807, 2.05) is 0 Å². The topological polar surface area (TPSA) is 0 Å². The Balaban J connectivity index is 1.98. The Morgan fingerprint density at radius 3 is 2.40 bits per heavy atom. The Morgan fingerprint density at radius 1 is 1.27 bits per heavy atom. The van der Waals surface area contributed by atoms with Crippen molar-refractivity contribution >= 4 is 11.6 Å². The number of hydrogen-bond donors (Lipinski definition) is 0. The molecule has 2 fully saturated rings. The van der Waals surface area contributed by atoms with Crippen LogP contribution in [-0.2, 0) is 0 Å². The fraction of sp³-hybridized carbons (Fsp3) is 1.00. The number of hydrogen-bond acceptors (Lipinski definition) is 0. The molecule has 2 rings (SSSR count). The highest BCUT2D eigenvalue weighted by atomic mass is 35.5. The summed E-state index contributed by atoms with van der Waals surface area (Å²) >= 11 is 6.29. The number of rotatable bonds is 3. The Kier molecular flexibility index (Phi) is 3.10. The van der Waals surface area contributed by atoms with Crippen LogP contribution in [0.2, 0.25) is 0 Å². The lowest BCUT2D eigenvalue weighted by Gasteiger charge is -2.38. The van der Waals surface area contributed by atoms with Crippen LogP contribution in [0.4, 0.5) is 0 Å². The maximum absolute atomic E-state index is 6.29. The first-order valence-corrected chi connectivity index (χ1v) is 7.05. The van der Waals surface area contributed by atoms with Gasteiger partial charge in [-0.1, -0.05) is 27.2 Å². The average Bonchev–Trinajstić information content (AvgIpc) is 2.73. The maximum Gasteiger partial charge on any atom is 0.0282 e. The predicted octanol–water partition coefficient (Wildman–Crippen LogP) is 4.86. The van der Waals surface area contributed by atoms with Gasteiger partial charge in [-0.3, -0.25) is 0 Å². The molecule has 1 heteroatoms. The van der Waals surface area contributed by atoms with Gasteiger partial charge in [-0.25, -0.2) is 0 Å². The molecular weight excluding hydrogens is 204 g/mol. The molecule has 0 aromatic heterocycles. The standard InChI is InChI=1S/C14H25Cl/c1-13(2,3)6-7-14(10-15)9-11-4-5-12(14)8-11/h11-12H,4-10H2,1-3H3. The second kappa shape index (κ2) is 3.95. The van der Waals surface area contributed by atoms with Gasteiger partial charge in [0.15, 0.2) is 0 Å². The third-order valence-electron chi connectivity index (χ3n) is 4.74. The molecule has 88 valence electrons. The summed E-state index contributed by atoms with van der Waals surface area (Å²) in [5.74, 6) is 2.89. The lowest BCUT2D eigenvalue weighted by Crippen LogP contribution is -2.31. The zero-order valence-corrected chi connectivity index (χ0v) is 11.2. The van der Waals surface area contributed by atoms with Crippen LogP contribution in [0.25, 0.3) is 0 Å². The van der Waals surface area contributed by atoms with Gasteiger partial charge in [0.25, 0.3) is 0 Å².